The minimum Gasteiger partial charge on any atom is -0.381 e. The molecule has 0 atom stereocenters. The van der Waals surface area contributed by atoms with Crippen molar-refractivity contribution < 1.29 is 9.53 Å². The fraction of sp³-hybridized carbons (Fsp3) is 0.438. The lowest BCUT2D eigenvalue weighted by molar-refractivity contribution is -0.122. The summed E-state index contributed by atoms with van der Waals surface area (Å²) in [5.74, 6) is 5.91. The third kappa shape index (κ3) is 3.83. The van der Waals surface area contributed by atoms with Gasteiger partial charge in [-0.25, -0.2) is 0 Å². The molecule has 0 saturated carbocycles. The standard InChI is InChI=1S/C16H20N2O2/c1-12-4-5-13(3-2-8-17)11-15(12)18-16(19)14-6-9-20-10-7-14/h4-5,11,14H,6-10,17H2,1H3,(H,18,19). The maximum atomic E-state index is 12.2. The number of hydrogen-bond donors (Lipinski definition) is 2. The van der Waals surface area contributed by atoms with Gasteiger partial charge in [-0.15, -0.1) is 0 Å². The van der Waals surface area contributed by atoms with Gasteiger partial charge in [0, 0.05) is 30.4 Å². The highest BCUT2D eigenvalue weighted by atomic mass is 16.5. The van der Waals surface area contributed by atoms with Crippen molar-refractivity contribution in [2.24, 2.45) is 11.7 Å². The second-order valence-corrected chi connectivity index (χ2v) is 4.91. The summed E-state index contributed by atoms with van der Waals surface area (Å²) in [6.45, 7) is 3.63. The second-order valence-electron chi connectivity index (χ2n) is 4.91. The van der Waals surface area contributed by atoms with Crippen LogP contribution in [0.2, 0.25) is 0 Å². The summed E-state index contributed by atoms with van der Waals surface area (Å²) in [5, 5.41) is 3.00. The molecule has 1 heterocycles. The van der Waals surface area contributed by atoms with Gasteiger partial charge < -0.3 is 15.8 Å². The predicted molar refractivity (Wildman–Crippen MR) is 79.3 cm³/mol. The van der Waals surface area contributed by atoms with Crippen molar-refractivity contribution in [3.8, 4) is 11.8 Å². The molecule has 20 heavy (non-hydrogen) atoms. The Kier molecular flexibility index (Phi) is 5.16. The Balaban J connectivity index is 2.09. The van der Waals surface area contributed by atoms with Crippen LogP contribution >= 0.6 is 0 Å². The molecule has 4 heteroatoms. The molecule has 0 spiro atoms. The van der Waals surface area contributed by atoms with E-state index in [1.165, 1.54) is 0 Å². The average Bonchev–Trinajstić information content (AvgIpc) is 2.49. The third-order valence-electron chi connectivity index (χ3n) is 3.42. The first kappa shape index (κ1) is 14.6. The Bertz CT molecular complexity index is 537. The molecule has 0 aliphatic carbocycles. The monoisotopic (exact) mass is 272 g/mol. The van der Waals surface area contributed by atoms with E-state index in [2.05, 4.69) is 17.2 Å². The molecule has 1 aromatic carbocycles. The summed E-state index contributed by atoms with van der Waals surface area (Å²) in [6, 6.07) is 5.79. The normalized spacial score (nSPS) is 15.3. The highest BCUT2D eigenvalue weighted by Crippen LogP contribution is 2.20. The fourth-order valence-corrected chi connectivity index (χ4v) is 2.18. The van der Waals surface area contributed by atoms with Crippen molar-refractivity contribution in [3.05, 3.63) is 29.3 Å². The van der Waals surface area contributed by atoms with E-state index < -0.39 is 0 Å². The van der Waals surface area contributed by atoms with Crippen LogP contribution in [0.3, 0.4) is 0 Å². The summed E-state index contributed by atoms with van der Waals surface area (Å²) < 4.78 is 5.28. The lowest BCUT2D eigenvalue weighted by Crippen LogP contribution is -2.28. The molecule has 1 aromatic rings. The average molecular weight is 272 g/mol. The van der Waals surface area contributed by atoms with Gasteiger partial charge in [0.05, 0.1) is 6.54 Å². The Morgan fingerprint density at radius 1 is 1.45 bits per heavy atom. The molecule has 0 unspecified atom stereocenters. The largest absolute Gasteiger partial charge is 0.381 e. The van der Waals surface area contributed by atoms with E-state index in [9.17, 15) is 4.79 Å². The Hall–Kier alpha value is -1.83. The number of hydrogen-bond acceptors (Lipinski definition) is 3. The highest BCUT2D eigenvalue weighted by Gasteiger charge is 2.21. The van der Waals surface area contributed by atoms with Gasteiger partial charge in [-0.3, -0.25) is 4.79 Å². The summed E-state index contributed by atoms with van der Waals surface area (Å²) in [6.07, 6.45) is 1.58. The van der Waals surface area contributed by atoms with E-state index >= 15 is 0 Å². The quantitative estimate of drug-likeness (QED) is 0.805. The zero-order chi connectivity index (χ0) is 14.4. The highest BCUT2D eigenvalue weighted by molar-refractivity contribution is 5.93. The first-order valence-corrected chi connectivity index (χ1v) is 6.89. The van der Waals surface area contributed by atoms with Crippen molar-refractivity contribution in [2.75, 3.05) is 25.1 Å². The lowest BCUT2D eigenvalue weighted by atomic mass is 9.99. The molecule has 1 fully saturated rings. The third-order valence-corrected chi connectivity index (χ3v) is 3.42. The number of aryl methyl sites for hydroxylation is 1. The van der Waals surface area contributed by atoms with E-state index in [1.54, 1.807) is 0 Å². The van der Waals surface area contributed by atoms with E-state index in [0.29, 0.717) is 19.8 Å². The van der Waals surface area contributed by atoms with Crippen molar-refractivity contribution in [3.63, 3.8) is 0 Å². The lowest BCUT2D eigenvalue weighted by Gasteiger charge is -2.21. The molecular formula is C16H20N2O2. The Morgan fingerprint density at radius 2 is 2.20 bits per heavy atom. The molecule has 0 aromatic heterocycles. The number of benzene rings is 1. The number of anilines is 1. The minimum atomic E-state index is 0.0435. The number of rotatable bonds is 2. The van der Waals surface area contributed by atoms with Gasteiger partial charge in [-0.05, 0) is 37.5 Å². The summed E-state index contributed by atoms with van der Waals surface area (Å²) in [7, 11) is 0. The van der Waals surface area contributed by atoms with Crippen LogP contribution in [0.15, 0.2) is 18.2 Å². The second kappa shape index (κ2) is 7.09. The molecule has 1 amide bonds. The van der Waals surface area contributed by atoms with E-state index in [-0.39, 0.29) is 11.8 Å². The Morgan fingerprint density at radius 3 is 2.90 bits per heavy atom. The van der Waals surface area contributed by atoms with Gasteiger partial charge in [0.15, 0.2) is 0 Å². The molecule has 1 aliphatic heterocycles. The van der Waals surface area contributed by atoms with Crippen LogP contribution in [0.5, 0.6) is 0 Å². The van der Waals surface area contributed by atoms with Crippen LogP contribution in [-0.4, -0.2) is 25.7 Å². The topological polar surface area (TPSA) is 64.3 Å². The first-order valence-electron chi connectivity index (χ1n) is 6.89. The van der Waals surface area contributed by atoms with E-state index in [4.69, 9.17) is 10.5 Å². The molecule has 3 N–H and O–H groups in total. The van der Waals surface area contributed by atoms with Gasteiger partial charge in [0.25, 0.3) is 0 Å². The van der Waals surface area contributed by atoms with Crippen molar-refractivity contribution in [2.45, 2.75) is 19.8 Å². The van der Waals surface area contributed by atoms with Crippen LogP contribution in [0.25, 0.3) is 0 Å². The molecule has 106 valence electrons. The summed E-state index contributed by atoms with van der Waals surface area (Å²) in [5.41, 5.74) is 8.09. The van der Waals surface area contributed by atoms with Gasteiger partial charge in [0.1, 0.15) is 0 Å². The fourth-order valence-electron chi connectivity index (χ4n) is 2.18. The predicted octanol–water partition coefficient (Wildman–Crippen LogP) is 1.67. The van der Waals surface area contributed by atoms with Gasteiger partial charge in [-0.1, -0.05) is 17.9 Å². The maximum Gasteiger partial charge on any atom is 0.227 e. The van der Waals surface area contributed by atoms with Crippen LogP contribution in [0.1, 0.15) is 24.0 Å². The maximum absolute atomic E-state index is 12.2. The number of nitrogens with one attached hydrogen (secondary N) is 1. The van der Waals surface area contributed by atoms with Crippen molar-refractivity contribution >= 4 is 11.6 Å². The van der Waals surface area contributed by atoms with Crippen molar-refractivity contribution in [1.29, 1.82) is 0 Å². The minimum absolute atomic E-state index is 0.0435. The van der Waals surface area contributed by atoms with Crippen LogP contribution in [0, 0.1) is 24.7 Å². The smallest absolute Gasteiger partial charge is 0.227 e. The van der Waals surface area contributed by atoms with Crippen LogP contribution in [-0.2, 0) is 9.53 Å². The Labute approximate surface area is 119 Å². The van der Waals surface area contributed by atoms with Crippen LogP contribution in [0.4, 0.5) is 5.69 Å². The number of carbonyl (C=O) groups excluding carboxylic acids is 1. The number of ether oxygens (including phenoxy) is 1. The molecule has 4 nitrogen and oxygen atoms in total. The molecule has 1 aliphatic rings. The molecular weight excluding hydrogens is 252 g/mol. The number of amides is 1. The van der Waals surface area contributed by atoms with E-state index in [1.807, 2.05) is 25.1 Å². The molecule has 1 saturated heterocycles. The van der Waals surface area contributed by atoms with Crippen LogP contribution < -0.4 is 11.1 Å². The van der Waals surface area contributed by atoms with Gasteiger partial charge in [0.2, 0.25) is 5.91 Å². The molecule has 2 rings (SSSR count). The molecule has 0 bridgehead atoms. The van der Waals surface area contributed by atoms with E-state index in [0.717, 1.165) is 29.7 Å². The zero-order valence-electron chi connectivity index (χ0n) is 11.7. The van der Waals surface area contributed by atoms with Gasteiger partial charge >= 0.3 is 0 Å². The summed E-state index contributed by atoms with van der Waals surface area (Å²) >= 11 is 0. The number of nitrogens with two attached hydrogens (primary N) is 1. The van der Waals surface area contributed by atoms with Crippen molar-refractivity contribution in [1.82, 2.24) is 0 Å². The first-order chi connectivity index (χ1) is 9.70. The number of carbonyl (C=O) groups is 1. The zero-order valence-corrected chi connectivity index (χ0v) is 11.7. The summed E-state index contributed by atoms with van der Waals surface area (Å²) in [4.78, 5) is 12.2. The van der Waals surface area contributed by atoms with Gasteiger partial charge in [-0.2, -0.15) is 0 Å². The molecule has 0 radical (unpaired) electrons. The SMILES string of the molecule is Cc1ccc(C#CCN)cc1NC(=O)C1CCOCC1.